The third-order valence-electron chi connectivity index (χ3n) is 3.07. The van der Waals surface area contributed by atoms with Crippen molar-refractivity contribution in [2.24, 2.45) is 5.73 Å². The minimum Gasteiger partial charge on any atom is -0.489 e. The molecule has 0 bridgehead atoms. The second-order valence-electron chi connectivity index (χ2n) is 4.84. The Balaban J connectivity index is 2.03. The zero-order valence-electron chi connectivity index (χ0n) is 11.5. The fraction of sp³-hybridized carbons (Fsp3) is 0.250. The number of alkyl halides is 3. The van der Waals surface area contributed by atoms with Crippen molar-refractivity contribution in [1.29, 1.82) is 0 Å². The van der Waals surface area contributed by atoms with Crippen molar-refractivity contribution in [3.8, 4) is 5.75 Å². The van der Waals surface area contributed by atoms with E-state index in [0.29, 0.717) is 11.3 Å². The van der Waals surface area contributed by atoms with Gasteiger partial charge in [0.2, 0.25) is 0 Å². The van der Waals surface area contributed by atoms with Crippen LogP contribution in [0.5, 0.6) is 5.75 Å². The normalized spacial score (nSPS) is 13.0. The Kier molecular flexibility index (Phi) is 4.53. The number of nitrogens with two attached hydrogens (primary N) is 1. The molecular formula is C16H16F3NO. The van der Waals surface area contributed by atoms with Crippen molar-refractivity contribution in [3.05, 3.63) is 65.2 Å². The van der Waals surface area contributed by atoms with E-state index in [1.54, 1.807) is 18.2 Å². The molecule has 0 saturated carbocycles. The quantitative estimate of drug-likeness (QED) is 0.912. The van der Waals surface area contributed by atoms with Crippen LogP contribution in [0, 0.1) is 0 Å². The van der Waals surface area contributed by atoms with Crippen molar-refractivity contribution < 1.29 is 17.9 Å². The molecule has 1 atom stereocenters. The Labute approximate surface area is 121 Å². The molecule has 5 heteroatoms. The van der Waals surface area contributed by atoms with Crippen molar-refractivity contribution in [3.63, 3.8) is 0 Å². The summed E-state index contributed by atoms with van der Waals surface area (Å²) in [5.41, 5.74) is 6.52. The van der Waals surface area contributed by atoms with Gasteiger partial charge in [0.25, 0.3) is 0 Å². The van der Waals surface area contributed by atoms with Gasteiger partial charge in [0.05, 0.1) is 5.56 Å². The molecule has 0 radical (unpaired) electrons. The molecule has 0 unspecified atom stereocenters. The van der Waals surface area contributed by atoms with E-state index in [0.717, 1.165) is 17.7 Å². The summed E-state index contributed by atoms with van der Waals surface area (Å²) in [7, 11) is 0. The molecular weight excluding hydrogens is 279 g/mol. The van der Waals surface area contributed by atoms with Crippen molar-refractivity contribution in [2.45, 2.75) is 25.7 Å². The summed E-state index contributed by atoms with van der Waals surface area (Å²) in [5.74, 6) is 0.594. The molecule has 0 aliphatic heterocycles. The first-order valence-corrected chi connectivity index (χ1v) is 6.51. The van der Waals surface area contributed by atoms with E-state index in [1.807, 2.05) is 19.1 Å². The van der Waals surface area contributed by atoms with Crippen molar-refractivity contribution in [1.82, 2.24) is 0 Å². The first-order chi connectivity index (χ1) is 9.86. The average Bonchev–Trinajstić information content (AvgIpc) is 2.45. The lowest BCUT2D eigenvalue weighted by molar-refractivity contribution is -0.137. The Bertz CT molecular complexity index is 591. The number of ether oxygens (including phenoxy) is 1. The summed E-state index contributed by atoms with van der Waals surface area (Å²) in [5, 5.41) is 0. The van der Waals surface area contributed by atoms with Gasteiger partial charge in [0, 0.05) is 6.04 Å². The molecule has 112 valence electrons. The summed E-state index contributed by atoms with van der Waals surface area (Å²) in [6.07, 6.45) is -4.34. The molecule has 0 aromatic heterocycles. The minimum atomic E-state index is -4.34. The van der Waals surface area contributed by atoms with Crippen molar-refractivity contribution >= 4 is 0 Å². The fourth-order valence-corrected chi connectivity index (χ4v) is 1.87. The van der Waals surface area contributed by atoms with E-state index >= 15 is 0 Å². The molecule has 2 rings (SSSR count). The molecule has 2 aromatic rings. The monoisotopic (exact) mass is 295 g/mol. The van der Waals surface area contributed by atoms with Crippen LogP contribution in [0.25, 0.3) is 0 Å². The van der Waals surface area contributed by atoms with Crippen LogP contribution in [-0.4, -0.2) is 0 Å². The fourth-order valence-electron chi connectivity index (χ4n) is 1.87. The van der Waals surface area contributed by atoms with E-state index in [2.05, 4.69) is 0 Å². The van der Waals surface area contributed by atoms with Gasteiger partial charge in [-0.2, -0.15) is 13.2 Å². The second kappa shape index (κ2) is 6.18. The molecule has 2 nitrogen and oxygen atoms in total. The van der Waals surface area contributed by atoms with Gasteiger partial charge in [-0.25, -0.2) is 0 Å². The van der Waals surface area contributed by atoms with Crippen LogP contribution in [0.4, 0.5) is 13.2 Å². The summed E-state index contributed by atoms with van der Waals surface area (Å²) >= 11 is 0. The van der Waals surface area contributed by atoms with Gasteiger partial charge in [-0.15, -0.1) is 0 Å². The molecule has 0 fully saturated rings. The van der Waals surface area contributed by atoms with Crippen LogP contribution in [-0.2, 0) is 12.8 Å². The number of hydrogen-bond donors (Lipinski definition) is 1. The van der Waals surface area contributed by atoms with Crippen LogP contribution in [0.15, 0.2) is 48.5 Å². The van der Waals surface area contributed by atoms with E-state index in [1.165, 1.54) is 6.07 Å². The van der Waals surface area contributed by atoms with Gasteiger partial charge in [-0.3, -0.25) is 0 Å². The van der Waals surface area contributed by atoms with E-state index in [9.17, 15) is 13.2 Å². The molecule has 0 heterocycles. The van der Waals surface area contributed by atoms with E-state index in [-0.39, 0.29) is 12.6 Å². The Hall–Kier alpha value is -2.01. The molecule has 0 saturated heterocycles. The third kappa shape index (κ3) is 4.23. The summed E-state index contributed by atoms with van der Waals surface area (Å²) in [4.78, 5) is 0. The number of halogens is 3. The van der Waals surface area contributed by atoms with E-state index in [4.69, 9.17) is 10.5 Å². The van der Waals surface area contributed by atoms with Crippen LogP contribution in [0.3, 0.4) is 0 Å². The van der Waals surface area contributed by atoms with Gasteiger partial charge in [-0.05, 0) is 42.3 Å². The smallest absolute Gasteiger partial charge is 0.416 e. The molecule has 0 aliphatic carbocycles. The number of benzene rings is 2. The predicted octanol–water partition coefficient (Wildman–Crippen LogP) is 4.30. The Morgan fingerprint density at radius 2 is 1.76 bits per heavy atom. The SMILES string of the molecule is C[C@H](N)c1ccc(OCc2cccc(C(F)(F)F)c2)cc1. The maximum absolute atomic E-state index is 12.6. The zero-order valence-corrected chi connectivity index (χ0v) is 11.5. The van der Waals surface area contributed by atoms with Gasteiger partial charge < -0.3 is 10.5 Å². The van der Waals surface area contributed by atoms with Gasteiger partial charge in [-0.1, -0.05) is 24.3 Å². The Morgan fingerprint density at radius 1 is 1.10 bits per heavy atom. The standard InChI is InChI=1S/C16H16F3NO/c1-11(20)13-5-7-15(8-6-13)21-10-12-3-2-4-14(9-12)16(17,18)19/h2-9,11H,10,20H2,1H3/t11-/m0/s1. The molecule has 0 spiro atoms. The van der Waals surface area contributed by atoms with Gasteiger partial charge >= 0.3 is 6.18 Å². The maximum Gasteiger partial charge on any atom is 0.416 e. The lowest BCUT2D eigenvalue weighted by Crippen LogP contribution is -2.06. The average molecular weight is 295 g/mol. The molecule has 2 aromatic carbocycles. The van der Waals surface area contributed by atoms with Crippen LogP contribution in [0.2, 0.25) is 0 Å². The lowest BCUT2D eigenvalue weighted by atomic mass is 10.1. The highest BCUT2D eigenvalue weighted by molar-refractivity contribution is 5.30. The summed E-state index contributed by atoms with van der Waals surface area (Å²) in [6, 6.07) is 12.2. The summed E-state index contributed by atoms with van der Waals surface area (Å²) in [6.45, 7) is 1.96. The lowest BCUT2D eigenvalue weighted by Gasteiger charge is -2.11. The molecule has 2 N–H and O–H groups in total. The van der Waals surface area contributed by atoms with Gasteiger partial charge in [0.15, 0.2) is 0 Å². The number of hydrogen-bond acceptors (Lipinski definition) is 2. The third-order valence-corrected chi connectivity index (χ3v) is 3.07. The summed E-state index contributed by atoms with van der Waals surface area (Å²) < 4.78 is 43.3. The largest absolute Gasteiger partial charge is 0.489 e. The zero-order chi connectivity index (χ0) is 15.5. The van der Waals surface area contributed by atoms with Crippen LogP contribution in [0.1, 0.15) is 29.7 Å². The first-order valence-electron chi connectivity index (χ1n) is 6.51. The molecule has 0 aliphatic rings. The molecule has 21 heavy (non-hydrogen) atoms. The number of rotatable bonds is 4. The van der Waals surface area contributed by atoms with Crippen LogP contribution < -0.4 is 10.5 Å². The van der Waals surface area contributed by atoms with Crippen molar-refractivity contribution in [2.75, 3.05) is 0 Å². The highest BCUT2D eigenvalue weighted by Gasteiger charge is 2.30. The second-order valence-corrected chi connectivity index (χ2v) is 4.84. The van der Waals surface area contributed by atoms with Crippen LogP contribution >= 0.6 is 0 Å². The topological polar surface area (TPSA) is 35.2 Å². The maximum atomic E-state index is 12.6. The minimum absolute atomic E-state index is 0.0671. The molecule has 0 amide bonds. The highest BCUT2D eigenvalue weighted by Crippen LogP contribution is 2.29. The highest BCUT2D eigenvalue weighted by atomic mass is 19.4. The first kappa shape index (κ1) is 15.4. The van der Waals surface area contributed by atoms with Gasteiger partial charge in [0.1, 0.15) is 12.4 Å². The Morgan fingerprint density at radius 3 is 2.33 bits per heavy atom. The van der Waals surface area contributed by atoms with E-state index < -0.39 is 11.7 Å². The predicted molar refractivity (Wildman–Crippen MR) is 74.8 cm³/mol.